The molecule has 0 amide bonds. The first kappa shape index (κ1) is 30.4. The van der Waals surface area contributed by atoms with Crippen LogP contribution in [0.5, 0.6) is 0 Å². The number of rotatable bonds is 9. The highest BCUT2D eigenvalue weighted by Gasteiger charge is 2.62. The molecule has 0 spiro atoms. The summed E-state index contributed by atoms with van der Waals surface area (Å²) in [4.78, 5) is 0. The fourth-order valence-corrected chi connectivity index (χ4v) is 10.3. The van der Waals surface area contributed by atoms with Crippen LogP contribution in [0, 0.1) is 46.3 Å². The summed E-state index contributed by atoms with van der Waals surface area (Å²) in [6.07, 6.45) is 8.49. The van der Waals surface area contributed by atoms with Crippen LogP contribution in [-0.2, 0) is 29.2 Å². The van der Waals surface area contributed by atoms with Crippen molar-refractivity contribution < 1.29 is 39.4 Å². The second kappa shape index (κ2) is 11.0. The Morgan fingerprint density at radius 3 is 2.32 bits per heavy atom. The molecule has 38 heavy (non-hydrogen) atoms. The van der Waals surface area contributed by atoms with Gasteiger partial charge in [0.1, 0.15) is 6.10 Å². The molecule has 0 heterocycles. The summed E-state index contributed by atoms with van der Waals surface area (Å²) in [5, 5.41) is 10.8. The first-order chi connectivity index (χ1) is 17.5. The van der Waals surface area contributed by atoms with Crippen LogP contribution in [0.25, 0.3) is 0 Å². The molecule has 0 bridgehead atoms. The zero-order valence-electron chi connectivity index (χ0n) is 23.0. The maximum Gasteiger partial charge on any atom is 0.217 e. The predicted molar refractivity (Wildman–Crippen MR) is 139 cm³/mol. The van der Waals surface area contributed by atoms with Crippen molar-refractivity contribution in [1.82, 2.24) is 0 Å². The Bertz CT molecular complexity index is 1100. The van der Waals surface area contributed by atoms with Crippen molar-refractivity contribution in [3.63, 3.8) is 0 Å². The van der Waals surface area contributed by atoms with Gasteiger partial charge in [0.25, 0.3) is 0 Å². The summed E-state index contributed by atoms with van der Waals surface area (Å²) in [5.74, 6) is 1.76. The second-order valence-corrected chi connectivity index (χ2v) is 15.3. The summed E-state index contributed by atoms with van der Waals surface area (Å²) in [6, 6.07) is 0. The SMILES string of the molecule is CC(C)=CCC[C@@H](COS(=O)(=O)[O-])[C@H]1CC[C@H]2[C@@H]3CC[C@H]4C[C@H](OS(=O)(=O)[O-])[C@@H](O)C[C@]4(C)[C@H]3CC[C@]12C. The van der Waals surface area contributed by atoms with E-state index in [0.717, 1.165) is 51.4 Å². The van der Waals surface area contributed by atoms with Crippen molar-refractivity contribution in [3.05, 3.63) is 11.6 Å². The van der Waals surface area contributed by atoms with E-state index in [9.17, 15) is 31.0 Å². The van der Waals surface area contributed by atoms with Gasteiger partial charge in [0, 0.05) is 0 Å². The average molecular weight is 577 g/mol. The van der Waals surface area contributed by atoms with Gasteiger partial charge in [0.05, 0.1) is 12.7 Å². The summed E-state index contributed by atoms with van der Waals surface area (Å²) in [7, 11) is -9.64. The zero-order valence-corrected chi connectivity index (χ0v) is 24.6. The maximum atomic E-state index is 11.3. The Morgan fingerprint density at radius 1 is 1.00 bits per heavy atom. The number of fused-ring (bicyclic) bond motifs is 5. The molecule has 9 nitrogen and oxygen atoms in total. The van der Waals surface area contributed by atoms with Crippen molar-refractivity contribution in [2.24, 2.45) is 46.3 Å². The normalized spacial score (nSPS) is 42.0. The highest BCUT2D eigenvalue weighted by atomic mass is 32.3. The van der Waals surface area contributed by atoms with Crippen LogP contribution in [0.1, 0.15) is 91.9 Å². The summed E-state index contributed by atoms with van der Waals surface area (Å²) >= 11 is 0. The minimum absolute atomic E-state index is 0.0174. The number of aliphatic hydroxyl groups excluding tert-OH is 1. The standard InChI is InChI=1S/C27H46O9S2/c1-17(2)6-5-7-18(16-35-37(29,30)31)21-10-11-22-20-9-8-19-14-25(36-38(32,33)34)24(28)15-27(19,4)23(20)12-13-26(21,22)3/h6,18-25,28H,5,7-16H2,1-4H3,(H,29,30,31)(H,32,33,34)/p-2/t18-,19-,20-,21+,22-,23-,24-,25-,26+,27-/m0/s1. The molecule has 0 aromatic rings. The van der Waals surface area contributed by atoms with Gasteiger partial charge in [-0.25, -0.2) is 16.8 Å². The van der Waals surface area contributed by atoms with Gasteiger partial charge in [-0.2, -0.15) is 0 Å². The van der Waals surface area contributed by atoms with E-state index in [1.807, 2.05) is 13.8 Å². The van der Waals surface area contributed by atoms with Crippen molar-refractivity contribution >= 4 is 20.8 Å². The number of allylic oxidation sites excluding steroid dienone is 2. The molecule has 4 rings (SSSR count). The van der Waals surface area contributed by atoms with E-state index in [1.165, 1.54) is 5.57 Å². The Kier molecular flexibility index (Phi) is 8.82. The zero-order chi connectivity index (χ0) is 28.1. The van der Waals surface area contributed by atoms with Crippen molar-refractivity contribution in [3.8, 4) is 0 Å². The number of hydrogen-bond donors (Lipinski definition) is 1. The quantitative estimate of drug-likeness (QED) is 0.240. The van der Waals surface area contributed by atoms with Crippen molar-refractivity contribution in [1.29, 1.82) is 0 Å². The Hall–Kier alpha value is -0.560. The molecule has 10 atom stereocenters. The van der Waals surface area contributed by atoms with E-state index < -0.39 is 33.0 Å². The molecular weight excluding hydrogens is 532 g/mol. The van der Waals surface area contributed by atoms with E-state index >= 15 is 0 Å². The first-order valence-electron chi connectivity index (χ1n) is 14.1. The molecule has 220 valence electrons. The highest BCUT2D eigenvalue weighted by Crippen LogP contribution is 2.68. The van der Waals surface area contributed by atoms with E-state index in [1.54, 1.807) is 0 Å². The third-order valence-corrected chi connectivity index (χ3v) is 12.0. The number of hydrogen-bond acceptors (Lipinski definition) is 9. The molecule has 0 aliphatic heterocycles. The van der Waals surface area contributed by atoms with E-state index in [0.29, 0.717) is 30.6 Å². The fourth-order valence-electron chi connectivity index (χ4n) is 9.49. The largest absolute Gasteiger partial charge is 0.726 e. The third-order valence-electron chi connectivity index (χ3n) is 11.1. The summed E-state index contributed by atoms with van der Waals surface area (Å²) < 4.78 is 77.1. The fraction of sp³-hybridized carbons (Fsp3) is 0.926. The molecule has 4 aliphatic rings. The molecule has 1 N–H and O–H groups in total. The lowest BCUT2D eigenvalue weighted by Crippen LogP contribution is -2.57. The summed E-state index contributed by atoms with van der Waals surface area (Å²) in [6.45, 7) is 8.57. The van der Waals surface area contributed by atoms with E-state index in [2.05, 4.69) is 19.9 Å². The molecule has 11 heteroatoms. The Balaban J connectivity index is 1.52. The molecule has 0 saturated heterocycles. The summed E-state index contributed by atoms with van der Waals surface area (Å²) in [5.41, 5.74) is 1.07. The molecule has 0 aromatic heterocycles. The van der Waals surface area contributed by atoms with Crippen LogP contribution < -0.4 is 0 Å². The van der Waals surface area contributed by atoms with Crippen LogP contribution in [0.2, 0.25) is 0 Å². The lowest BCUT2D eigenvalue weighted by Gasteiger charge is -2.62. The minimum atomic E-state index is -4.88. The smallest absolute Gasteiger partial charge is 0.217 e. The van der Waals surface area contributed by atoms with E-state index in [4.69, 9.17) is 8.37 Å². The Labute approximate surface area is 228 Å². The van der Waals surface area contributed by atoms with E-state index in [-0.39, 0.29) is 35.2 Å². The first-order valence-corrected chi connectivity index (χ1v) is 16.8. The molecule has 4 fully saturated rings. The van der Waals surface area contributed by atoms with Crippen LogP contribution in [-0.4, -0.2) is 49.9 Å². The minimum Gasteiger partial charge on any atom is -0.726 e. The van der Waals surface area contributed by atoms with Gasteiger partial charge in [0.2, 0.25) is 20.8 Å². The molecule has 0 aromatic carbocycles. The molecule has 4 aliphatic carbocycles. The van der Waals surface area contributed by atoms with Gasteiger partial charge in [-0.3, -0.25) is 8.37 Å². The highest BCUT2D eigenvalue weighted by molar-refractivity contribution is 7.81. The van der Waals surface area contributed by atoms with Gasteiger partial charge in [-0.15, -0.1) is 0 Å². The monoisotopic (exact) mass is 576 g/mol. The molecule has 0 unspecified atom stereocenters. The Morgan fingerprint density at radius 2 is 1.68 bits per heavy atom. The lowest BCUT2D eigenvalue weighted by molar-refractivity contribution is -0.157. The topological polar surface area (TPSA) is 153 Å². The van der Waals surface area contributed by atoms with Crippen LogP contribution in [0.3, 0.4) is 0 Å². The van der Waals surface area contributed by atoms with Crippen LogP contribution in [0.15, 0.2) is 11.6 Å². The van der Waals surface area contributed by atoms with Gasteiger partial charge < -0.3 is 14.2 Å². The van der Waals surface area contributed by atoms with Gasteiger partial charge in [-0.05, 0) is 124 Å². The average Bonchev–Trinajstić information content (AvgIpc) is 3.12. The van der Waals surface area contributed by atoms with Crippen LogP contribution >= 0.6 is 0 Å². The van der Waals surface area contributed by atoms with Crippen molar-refractivity contribution in [2.45, 2.75) is 104 Å². The second-order valence-electron chi connectivity index (χ2n) is 13.2. The lowest BCUT2D eigenvalue weighted by atomic mass is 9.44. The van der Waals surface area contributed by atoms with Gasteiger partial charge >= 0.3 is 0 Å². The number of aliphatic hydroxyl groups is 1. The van der Waals surface area contributed by atoms with Gasteiger partial charge in [0.15, 0.2) is 0 Å². The molecule has 0 radical (unpaired) electrons. The maximum absolute atomic E-state index is 11.3. The van der Waals surface area contributed by atoms with Crippen molar-refractivity contribution in [2.75, 3.05) is 6.61 Å². The third kappa shape index (κ3) is 6.34. The predicted octanol–water partition coefficient (Wildman–Crippen LogP) is 4.30. The molecule has 4 saturated carbocycles. The van der Waals surface area contributed by atoms with Gasteiger partial charge in [-0.1, -0.05) is 25.5 Å². The van der Waals surface area contributed by atoms with Crippen LogP contribution in [0.4, 0.5) is 0 Å². The molecular formula is C27H44O9S2-2.